The van der Waals surface area contributed by atoms with Gasteiger partial charge in [0, 0.05) is 45.3 Å². The maximum absolute atomic E-state index is 6.04. The summed E-state index contributed by atoms with van der Waals surface area (Å²) in [7, 11) is 3.92. The lowest BCUT2D eigenvalue weighted by molar-refractivity contribution is -0.0390. The zero-order valence-corrected chi connectivity index (χ0v) is 20.4. The van der Waals surface area contributed by atoms with Crippen molar-refractivity contribution in [2.45, 2.75) is 38.5 Å². The number of nitrogens with one attached hydrogen (secondary N) is 1. The van der Waals surface area contributed by atoms with E-state index in [1.807, 2.05) is 7.05 Å². The van der Waals surface area contributed by atoms with E-state index in [-0.39, 0.29) is 24.0 Å². The van der Waals surface area contributed by atoms with Crippen molar-refractivity contribution >= 4 is 41.3 Å². The Labute approximate surface area is 195 Å². The van der Waals surface area contributed by atoms with Crippen LogP contribution >= 0.6 is 35.3 Å². The van der Waals surface area contributed by atoms with E-state index in [4.69, 9.17) is 9.47 Å². The molecule has 0 saturated carbocycles. The van der Waals surface area contributed by atoms with Gasteiger partial charge in [0.25, 0.3) is 0 Å². The first kappa shape index (κ1) is 24.1. The number of thiophene rings is 1. The molecule has 0 unspecified atom stereocenters. The molecular weight excluding hydrogens is 497 g/mol. The Hall–Kier alpha value is -1.16. The minimum atomic E-state index is 0. The molecule has 160 valence electrons. The van der Waals surface area contributed by atoms with Crippen LogP contribution in [0.15, 0.2) is 46.8 Å². The molecule has 1 aliphatic heterocycles. The number of ether oxygens (including phenoxy) is 2. The van der Waals surface area contributed by atoms with Crippen molar-refractivity contribution in [3.63, 3.8) is 0 Å². The van der Waals surface area contributed by atoms with Gasteiger partial charge in [0.2, 0.25) is 0 Å². The fraction of sp³-hybridized carbons (Fsp3) is 0.500. The molecule has 1 aliphatic rings. The largest absolute Gasteiger partial charge is 0.381 e. The topological polar surface area (TPSA) is 46.1 Å². The standard InChI is InChI=1S/C22H31N3O2S.HI/c1-23-22(25(2)11-8-21-7-4-14-28-21)24-16-18-5-3-6-19(15-18)17-27-20-9-12-26-13-10-20;/h3-7,14-15,20H,8-13,16-17H2,1-2H3,(H,23,24);1H. The number of rotatable bonds is 8. The molecule has 5 nitrogen and oxygen atoms in total. The molecule has 29 heavy (non-hydrogen) atoms. The lowest BCUT2D eigenvalue weighted by atomic mass is 10.1. The first-order valence-electron chi connectivity index (χ1n) is 9.96. The first-order chi connectivity index (χ1) is 13.7. The number of aliphatic imine (C=N–C) groups is 1. The van der Waals surface area contributed by atoms with Crippen LogP contribution in [0, 0.1) is 0 Å². The molecule has 7 heteroatoms. The summed E-state index contributed by atoms with van der Waals surface area (Å²) in [5.74, 6) is 0.917. The second kappa shape index (κ2) is 13.2. The second-order valence-corrected chi connectivity index (χ2v) is 8.13. The molecule has 0 spiro atoms. The van der Waals surface area contributed by atoms with Gasteiger partial charge in [0.05, 0.1) is 12.7 Å². The normalized spacial score (nSPS) is 15.0. The summed E-state index contributed by atoms with van der Waals surface area (Å²) in [6.45, 7) is 3.98. The van der Waals surface area contributed by atoms with Crippen LogP contribution in [-0.4, -0.2) is 50.8 Å². The summed E-state index contributed by atoms with van der Waals surface area (Å²) in [4.78, 5) is 8.00. The molecule has 2 aromatic rings. The molecule has 0 atom stereocenters. The molecular formula is C22H32IN3O2S. The van der Waals surface area contributed by atoms with Crippen molar-refractivity contribution in [1.82, 2.24) is 10.2 Å². The van der Waals surface area contributed by atoms with Gasteiger partial charge >= 0.3 is 0 Å². The zero-order valence-electron chi connectivity index (χ0n) is 17.3. The van der Waals surface area contributed by atoms with Crippen LogP contribution in [0.5, 0.6) is 0 Å². The SMILES string of the molecule is CN=C(NCc1cccc(COC2CCOCC2)c1)N(C)CCc1cccs1.I. The van der Waals surface area contributed by atoms with Crippen LogP contribution in [0.3, 0.4) is 0 Å². The van der Waals surface area contributed by atoms with Crippen LogP contribution in [0.25, 0.3) is 0 Å². The Kier molecular flexibility index (Phi) is 11.0. The molecule has 1 N–H and O–H groups in total. The summed E-state index contributed by atoms with van der Waals surface area (Å²) in [6, 6.07) is 12.9. The van der Waals surface area contributed by atoms with Crippen molar-refractivity contribution in [3.05, 3.63) is 57.8 Å². The Morgan fingerprint density at radius 1 is 1.24 bits per heavy atom. The first-order valence-corrected chi connectivity index (χ1v) is 10.8. The number of nitrogens with zero attached hydrogens (tertiary/aromatic N) is 2. The van der Waals surface area contributed by atoms with E-state index < -0.39 is 0 Å². The van der Waals surface area contributed by atoms with Gasteiger partial charge in [-0.3, -0.25) is 4.99 Å². The van der Waals surface area contributed by atoms with Crippen LogP contribution < -0.4 is 5.32 Å². The molecule has 1 aromatic carbocycles. The van der Waals surface area contributed by atoms with Crippen molar-refractivity contribution < 1.29 is 9.47 Å². The average Bonchev–Trinajstić information content (AvgIpc) is 3.26. The molecule has 1 saturated heterocycles. The van der Waals surface area contributed by atoms with Crippen LogP contribution in [0.2, 0.25) is 0 Å². The minimum Gasteiger partial charge on any atom is -0.381 e. The predicted octanol–water partition coefficient (Wildman–Crippen LogP) is 4.31. The number of guanidine groups is 1. The highest BCUT2D eigenvalue weighted by Crippen LogP contribution is 2.14. The zero-order chi connectivity index (χ0) is 19.6. The average molecular weight is 529 g/mol. The quantitative estimate of drug-likeness (QED) is 0.315. The third kappa shape index (κ3) is 8.24. The summed E-state index contributed by atoms with van der Waals surface area (Å²) >= 11 is 1.81. The Balaban J connectivity index is 0.00000300. The lowest BCUT2D eigenvalue weighted by Gasteiger charge is -2.23. The van der Waals surface area contributed by atoms with Gasteiger partial charge in [-0.2, -0.15) is 0 Å². The smallest absolute Gasteiger partial charge is 0.193 e. The highest BCUT2D eigenvalue weighted by molar-refractivity contribution is 14.0. The summed E-state index contributed by atoms with van der Waals surface area (Å²) in [5, 5.41) is 5.60. The molecule has 0 amide bonds. The molecule has 0 radical (unpaired) electrons. The van der Waals surface area contributed by atoms with Gasteiger partial charge in [-0.25, -0.2) is 0 Å². The lowest BCUT2D eigenvalue weighted by Crippen LogP contribution is -2.39. The van der Waals surface area contributed by atoms with Crippen molar-refractivity contribution in [2.24, 2.45) is 4.99 Å². The van der Waals surface area contributed by atoms with Gasteiger partial charge in [-0.05, 0) is 41.8 Å². The van der Waals surface area contributed by atoms with Crippen LogP contribution in [-0.2, 0) is 29.0 Å². The monoisotopic (exact) mass is 529 g/mol. The fourth-order valence-electron chi connectivity index (χ4n) is 3.29. The third-order valence-electron chi connectivity index (χ3n) is 4.94. The minimum absolute atomic E-state index is 0. The van der Waals surface area contributed by atoms with Gasteiger partial charge in [0.1, 0.15) is 0 Å². The number of halogens is 1. The summed E-state index contributed by atoms with van der Waals surface area (Å²) < 4.78 is 11.4. The molecule has 1 fully saturated rings. The van der Waals surface area contributed by atoms with E-state index in [2.05, 4.69) is 64.0 Å². The molecule has 2 heterocycles. The van der Waals surface area contributed by atoms with Crippen molar-refractivity contribution in [1.29, 1.82) is 0 Å². The Morgan fingerprint density at radius 2 is 2.03 bits per heavy atom. The van der Waals surface area contributed by atoms with Gasteiger partial charge in [-0.1, -0.05) is 30.3 Å². The fourth-order valence-corrected chi connectivity index (χ4v) is 3.99. The van der Waals surface area contributed by atoms with Gasteiger partial charge in [0.15, 0.2) is 5.96 Å². The number of hydrogen-bond donors (Lipinski definition) is 1. The number of likely N-dealkylation sites (N-methyl/N-ethyl adjacent to an activating group) is 1. The van der Waals surface area contributed by atoms with Crippen LogP contribution in [0.4, 0.5) is 0 Å². The second-order valence-electron chi connectivity index (χ2n) is 7.09. The van der Waals surface area contributed by atoms with E-state index in [1.54, 1.807) is 11.3 Å². The van der Waals surface area contributed by atoms with E-state index >= 15 is 0 Å². The molecule has 0 bridgehead atoms. The predicted molar refractivity (Wildman–Crippen MR) is 131 cm³/mol. The highest BCUT2D eigenvalue weighted by atomic mass is 127. The maximum Gasteiger partial charge on any atom is 0.193 e. The third-order valence-corrected chi connectivity index (χ3v) is 5.88. The van der Waals surface area contributed by atoms with Crippen molar-refractivity contribution in [2.75, 3.05) is 33.9 Å². The number of benzene rings is 1. The van der Waals surface area contributed by atoms with Gasteiger partial charge < -0.3 is 19.7 Å². The molecule has 1 aromatic heterocycles. The van der Waals surface area contributed by atoms with E-state index in [9.17, 15) is 0 Å². The number of hydrogen-bond acceptors (Lipinski definition) is 4. The van der Waals surface area contributed by atoms with E-state index in [0.717, 1.165) is 51.5 Å². The Bertz CT molecular complexity index is 733. The summed E-state index contributed by atoms with van der Waals surface area (Å²) in [5.41, 5.74) is 2.45. The highest BCUT2D eigenvalue weighted by Gasteiger charge is 2.14. The molecule has 3 rings (SSSR count). The molecule has 0 aliphatic carbocycles. The van der Waals surface area contributed by atoms with Gasteiger partial charge in [-0.15, -0.1) is 35.3 Å². The summed E-state index contributed by atoms with van der Waals surface area (Å²) in [6.07, 6.45) is 3.35. The Morgan fingerprint density at radius 3 is 2.76 bits per heavy atom. The van der Waals surface area contributed by atoms with E-state index in [1.165, 1.54) is 16.0 Å². The van der Waals surface area contributed by atoms with E-state index in [0.29, 0.717) is 12.7 Å². The maximum atomic E-state index is 6.04. The van der Waals surface area contributed by atoms with Crippen molar-refractivity contribution in [3.8, 4) is 0 Å². The van der Waals surface area contributed by atoms with Crippen LogP contribution in [0.1, 0.15) is 28.8 Å².